The van der Waals surface area contributed by atoms with Gasteiger partial charge in [-0.2, -0.15) is 0 Å². The molecule has 0 saturated heterocycles. The third-order valence-corrected chi connectivity index (χ3v) is 5.57. The summed E-state index contributed by atoms with van der Waals surface area (Å²) in [6.07, 6.45) is 0.960. The fourth-order valence-electron chi connectivity index (χ4n) is 3.69. The van der Waals surface area contributed by atoms with E-state index in [0.717, 1.165) is 37.0 Å². The summed E-state index contributed by atoms with van der Waals surface area (Å²) in [6.45, 7) is 7.83. The molecule has 3 rings (SSSR count). The van der Waals surface area contributed by atoms with Gasteiger partial charge in [0, 0.05) is 24.2 Å². The number of fused-ring (bicyclic) bond motifs is 1. The fourth-order valence-corrected chi connectivity index (χ4v) is 3.69. The number of hydrogen-bond donors (Lipinski definition) is 3. The van der Waals surface area contributed by atoms with Crippen LogP contribution in [0.4, 0.5) is 0 Å². The van der Waals surface area contributed by atoms with Gasteiger partial charge in [0.1, 0.15) is 0 Å². The SMILES string of the molecule is CCN(CC)CCc1cc(CNC(=O)c2ccc(C(=O)NO)cc2)c2ccccc2c1. The number of hydrogen-bond acceptors (Lipinski definition) is 4. The van der Waals surface area contributed by atoms with Gasteiger partial charge in [-0.15, -0.1) is 0 Å². The predicted molar refractivity (Wildman–Crippen MR) is 122 cm³/mol. The largest absolute Gasteiger partial charge is 0.348 e. The van der Waals surface area contributed by atoms with Gasteiger partial charge >= 0.3 is 0 Å². The summed E-state index contributed by atoms with van der Waals surface area (Å²) in [4.78, 5) is 26.4. The van der Waals surface area contributed by atoms with E-state index in [1.807, 2.05) is 12.1 Å². The lowest BCUT2D eigenvalue weighted by Crippen LogP contribution is -2.25. The molecule has 3 N–H and O–H groups in total. The van der Waals surface area contributed by atoms with Crippen molar-refractivity contribution in [2.45, 2.75) is 26.8 Å². The Labute approximate surface area is 182 Å². The maximum absolute atomic E-state index is 12.6. The minimum atomic E-state index is -0.611. The van der Waals surface area contributed by atoms with Crippen LogP contribution in [0.1, 0.15) is 45.7 Å². The molecule has 0 spiro atoms. The Kier molecular flexibility index (Phi) is 7.76. The molecule has 0 radical (unpaired) electrons. The second kappa shape index (κ2) is 10.7. The number of carbonyl (C=O) groups is 2. The molecule has 0 unspecified atom stereocenters. The number of nitrogens with one attached hydrogen (secondary N) is 2. The monoisotopic (exact) mass is 419 g/mol. The zero-order valence-electron chi connectivity index (χ0n) is 18.0. The predicted octanol–water partition coefficient (Wildman–Crippen LogP) is 3.77. The highest BCUT2D eigenvalue weighted by Gasteiger charge is 2.11. The summed E-state index contributed by atoms with van der Waals surface area (Å²) in [7, 11) is 0. The summed E-state index contributed by atoms with van der Waals surface area (Å²) >= 11 is 0. The molecule has 3 aromatic rings. The zero-order valence-corrected chi connectivity index (χ0v) is 18.0. The molecule has 0 heterocycles. The van der Waals surface area contributed by atoms with E-state index >= 15 is 0 Å². The van der Waals surface area contributed by atoms with E-state index in [-0.39, 0.29) is 11.5 Å². The molecule has 0 saturated carbocycles. The molecular weight excluding hydrogens is 390 g/mol. The summed E-state index contributed by atoms with van der Waals surface area (Å²) in [5, 5.41) is 14.0. The normalized spacial score (nSPS) is 11.0. The molecule has 162 valence electrons. The van der Waals surface area contributed by atoms with E-state index in [4.69, 9.17) is 5.21 Å². The lowest BCUT2D eigenvalue weighted by Gasteiger charge is -2.18. The van der Waals surface area contributed by atoms with E-state index < -0.39 is 5.91 Å². The first-order valence-corrected chi connectivity index (χ1v) is 10.6. The Morgan fingerprint density at radius 1 is 0.903 bits per heavy atom. The molecule has 0 aromatic heterocycles. The summed E-state index contributed by atoms with van der Waals surface area (Å²) in [5.74, 6) is -0.825. The summed E-state index contributed by atoms with van der Waals surface area (Å²) in [6, 6.07) is 18.8. The minimum absolute atomic E-state index is 0.214. The van der Waals surface area contributed by atoms with Gasteiger partial charge in [-0.05, 0) is 65.7 Å². The van der Waals surface area contributed by atoms with Crippen molar-refractivity contribution in [2.75, 3.05) is 19.6 Å². The highest BCUT2D eigenvalue weighted by atomic mass is 16.5. The minimum Gasteiger partial charge on any atom is -0.348 e. The topological polar surface area (TPSA) is 81.7 Å². The van der Waals surface area contributed by atoms with E-state index in [2.05, 4.69) is 48.3 Å². The van der Waals surface area contributed by atoms with Crippen LogP contribution < -0.4 is 10.8 Å². The summed E-state index contributed by atoms with van der Waals surface area (Å²) < 4.78 is 0. The number of hydroxylamine groups is 1. The lowest BCUT2D eigenvalue weighted by atomic mass is 9.99. The Morgan fingerprint density at radius 3 is 2.19 bits per heavy atom. The van der Waals surface area contributed by atoms with Crippen LogP contribution in [-0.4, -0.2) is 41.6 Å². The average molecular weight is 420 g/mol. The maximum atomic E-state index is 12.6. The van der Waals surface area contributed by atoms with E-state index in [1.54, 1.807) is 17.6 Å². The molecule has 0 fully saturated rings. The zero-order chi connectivity index (χ0) is 22.2. The van der Waals surface area contributed by atoms with Crippen LogP contribution in [0, 0.1) is 0 Å². The standard InChI is InChI=1S/C25H29N3O3/c1-3-28(4-2)14-13-18-15-21-7-5-6-8-23(21)22(16-18)17-26-24(29)19-9-11-20(12-10-19)25(30)27-31/h5-12,15-16,31H,3-4,13-14,17H2,1-2H3,(H,26,29)(H,27,30). The number of likely N-dealkylation sites (N-methyl/N-ethyl adjacent to an activating group) is 1. The van der Waals surface area contributed by atoms with Crippen molar-refractivity contribution in [3.63, 3.8) is 0 Å². The molecule has 6 heteroatoms. The van der Waals surface area contributed by atoms with Gasteiger partial charge in [-0.25, -0.2) is 5.48 Å². The Bertz CT molecular complexity index is 1040. The number of rotatable bonds is 9. The smallest absolute Gasteiger partial charge is 0.274 e. The molecule has 0 aliphatic carbocycles. The van der Waals surface area contributed by atoms with Crippen molar-refractivity contribution in [1.82, 2.24) is 15.7 Å². The van der Waals surface area contributed by atoms with Gasteiger partial charge in [0.15, 0.2) is 0 Å². The Hall–Kier alpha value is -3.22. The van der Waals surface area contributed by atoms with Crippen molar-refractivity contribution < 1.29 is 14.8 Å². The highest BCUT2D eigenvalue weighted by molar-refractivity contribution is 5.97. The molecule has 0 aliphatic heterocycles. The van der Waals surface area contributed by atoms with Gasteiger partial charge in [0.2, 0.25) is 0 Å². The van der Waals surface area contributed by atoms with Gasteiger partial charge < -0.3 is 10.2 Å². The first kappa shape index (κ1) is 22.5. The van der Waals surface area contributed by atoms with E-state index in [9.17, 15) is 9.59 Å². The fraction of sp³-hybridized carbons (Fsp3) is 0.280. The quantitative estimate of drug-likeness (QED) is 0.364. The summed E-state index contributed by atoms with van der Waals surface area (Å²) in [5.41, 5.74) is 4.66. The molecule has 0 bridgehead atoms. The molecule has 2 amide bonds. The van der Waals surface area contributed by atoms with Gasteiger partial charge in [-0.3, -0.25) is 14.8 Å². The molecule has 3 aromatic carbocycles. The van der Waals surface area contributed by atoms with Crippen LogP contribution in [0.5, 0.6) is 0 Å². The van der Waals surface area contributed by atoms with Crippen molar-refractivity contribution in [3.05, 3.63) is 82.9 Å². The third kappa shape index (κ3) is 5.69. The Morgan fingerprint density at radius 2 is 1.55 bits per heavy atom. The third-order valence-electron chi connectivity index (χ3n) is 5.57. The van der Waals surface area contributed by atoms with Gasteiger partial charge in [0.25, 0.3) is 11.8 Å². The van der Waals surface area contributed by atoms with Crippen molar-refractivity contribution in [2.24, 2.45) is 0 Å². The van der Waals surface area contributed by atoms with Crippen molar-refractivity contribution in [1.29, 1.82) is 0 Å². The second-order valence-corrected chi connectivity index (χ2v) is 7.45. The van der Waals surface area contributed by atoms with Crippen molar-refractivity contribution >= 4 is 22.6 Å². The highest BCUT2D eigenvalue weighted by Crippen LogP contribution is 2.22. The van der Waals surface area contributed by atoms with Crippen molar-refractivity contribution in [3.8, 4) is 0 Å². The van der Waals surface area contributed by atoms with Crippen LogP contribution in [-0.2, 0) is 13.0 Å². The molecule has 0 atom stereocenters. The van der Waals surface area contributed by atoms with Crippen LogP contribution in [0.2, 0.25) is 0 Å². The number of nitrogens with zero attached hydrogens (tertiary/aromatic N) is 1. The van der Waals surface area contributed by atoms with Crippen LogP contribution in [0.25, 0.3) is 10.8 Å². The molecular formula is C25H29N3O3. The second-order valence-electron chi connectivity index (χ2n) is 7.45. The van der Waals surface area contributed by atoms with Crippen LogP contribution >= 0.6 is 0 Å². The molecule has 0 aliphatic rings. The molecule has 6 nitrogen and oxygen atoms in total. The Balaban J connectivity index is 1.75. The van der Waals surface area contributed by atoms with Gasteiger partial charge in [-0.1, -0.05) is 50.2 Å². The number of benzene rings is 3. The number of amides is 2. The van der Waals surface area contributed by atoms with E-state index in [0.29, 0.717) is 12.1 Å². The van der Waals surface area contributed by atoms with E-state index in [1.165, 1.54) is 23.1 Å². The van der Waals surface area contributed by atoms with Crippen LogP contribution in [0.3, 0.4) is 0 Å². The van der Waals surface area contributed by atoms with Gasteiger partial charge in [0.05, 0.1) is 0 Å². The first-order valence-electron chi connectivity index (χ1n) is 10.6. The average Bonchev–Trinajstić information content (AvgIpc) is 2.82. The molecule has 31 heavy (non-hydrogen) atoms. The lowest BCUT2D eigenvalue weighted by molar-refractivity contribution is 0.0706. The first-order chi connectivity index (χ1) is 15.0. The number of carbonyl (C=O) groups excluding carboxylic acids is 2. The van der Waals surface area contributed by atoms with Crippen LogP contribution in [0.15, 0.2) is 60.7 Å². The maximum Gasteiger partial charge on any atom is 0.274 e.